The molecule has 0 unspecified atom stereocenters. The van der Waals surface area contributed by atoms with E-state index in [0.29, 0.717) is 11.3 Å². The van der Waals surface area contributed by atoms with E-state index in [1.165, 1.54) is 0 Å². The van der Waals surface area contributed by atoms with Crippen molar-refractivity contribution in [1.82, 2.24) is 9.97 Å². The molecule has 0 N–H and O–H groups in total. The molecule has 3 heteroatoms. The predicted molar refractivity (Wildman–Crippen MR) is 104 cm³/mol. The normalized spacial score (nSPS) is 10.6. The summed E-state index contributed by atoms with van der Waals surface area (Å²) >= 11 is 0. The smallest absolute Gasteiger partial charge is 0.159 e. The van der Waals surface area contributed by atoms with E-state index in [0.717, 1.165) is 28.1 Å². The summed E-state index contributed by atoms with van der Waals surface area (Å²) in [6, 6.07) is 30.0. The van der Waals surface area contributed by atoms with E-state index in [1.807, 2.05) is 66.7 Å². The lowest BCUT2D eigenvalue weighted by molar-refractivity contribution is 1.19. The standard InChI is InChI=1S/C22H15BN2/c23-19-14-8-7-13-18(19)22-24-20(16-9-3-1-4-10-16)15-21(25-22)17-11-5-2-6-12-17/h1-15H. The lowest BCUT2D eigenvalue weighted by Gasteiger charge is -2.10. The van der Waals surface area contributed by atoms with Gasteiger partial charge in [0.25, 0.3) is 0 Å². The quantitative estimate of drug-likeness (QED) is 0.527. The third kappa shape index (κ3) is 3.22. The molecule has 0 saturated carbocycles. The van der Waals surface area contributed by atoms with Gasteiger partial charge >= 0.3 is 0 Å². The van der Waals surface area contributed by atoms with Crippen molar-refractivity contribution < 1.29 is 0 Å². The summed E-state index contributed by atoms with van der Waals surface area (Å²) in [6.07, 6.45) is 0. The van der Waals surface area contributed by atoms with Crippen molar-refractivity contribution in [1.29, 1.82) is 0 Å². The Kier molecular flexibility index (Phi) is 4.13. The third-order valence-electron chi connectivity index (χ3n) is 4.07. The van der Waals surface area contributed by atoms with Gasteiger partial charge in [-0.25, -0.2) is 9.97 Å². The molecule has 0 saturated heterocycles. The van der Waals surface area contributed by atoms with Crippen LogP contribution in [0.15, 0.2) is 91.0 Å². The predicted octanol–water partition coefficient (Wildman–Crippen LogP) is 4.27. The Labute approximate surface area is 148 Å². The molecule has 116 valence electrons. The molecule has 1 aromatic heterocycles. The minimum absolute atomic E-state index is 0.637. The molecule has 0 fully saturated rings. The SMILES string of the molecule is [B]c1ccccc1-c1nc(-c2ccccc2)cc(-c2ccccc2)n1. The molecule has 0 aliphatic carbocycles. The summed E-state index contributed by atoms with van der Waals surface area (Å²) in [6.45, 7) is 0. The largest absolute Gasteiger partial charge is 0.228 e. The highest BCUT2D eigenvalue weighted by Crippen LogP contribution is 2.26. The van der Waals surface area contributed by atoms with Gasteiger partial charge in [-0.1, -0.05) is 90.4 Å². The van der Waals surface area contributed by atoms with Gasteiger partial charge in [-0.05, 0) is 6.07 Å². The van der Waals surface area contributed by atoms with Crippen LogP contribution in [0, 0.1) is 0 Å². The number of aromatic nitrogens is 2. The highest BCUT2D eigenvalue weighted by atomic mass is 14.9. The van der Waals surface area contributed by atoms with E-state index in [1.54, 1.807) is 0 Å². The van der Waals surface area contributed by atoms with E-state index in [9.17, 15) is 0 Å². The summed E-state index contributed by atoms with van der Waals surface area (Å²) in [7, 11) is 6.15. The van der Waals surface area contributed by atoms with E-state index in [4.69, 9.17) is 17.8 Å². The molecule has 4 rings (SSSR count). The Morgan fingerprint density at radius 3 is 1.56 bits per heavy atom. The van der Waals surface area contributed by atoms with Crippen LogP contribution in [0.4, 0.5) is 0 Å². The second-order valence-electron chi connectivity index (χ2n) is 5.78. The van der Waals surface area contributed by atoms with Gasteiger partial charge in [0.05, 0.1) is 11.4 Å². The van der Waals surface area contributed by atoms with Crippen LogP contribution in [0.25, 0.3) is 33.9 Å². The van der Waals surface area contributed by atoms with Crippen molar-refractivity contribution in [2.75, 3.05) is 0 Å². The Balaban J connectivity index is 1.94. The first-order valence-electron chi connectivity index (χ1n) is 8.16. The highest BCUT2D eigenvalue weighted by Gasteiger charge is 2.11. The topological polar surface area (TPSA) is 25.8 Å². The fourth-order valence-corrected chi connectivity index (χ4v) is 2.78. The number of hydrogen-bond donors (Lipinski definition) is 0. The van der Waals surface area contributed by atoms with Crippen molar-refractivity contribution in [3.8, 4) is 33.9 Å². The Morgan fingerprint density at radius 2 is 1.04 bits per heavy atom. The number of nitrogens with zero attached hydrogens (tertiary/aromatic N) is 2. The fraction of sp³-hybridized carbons (Fsp3) is 0. The van der Waals surface area contributed by atoms with Crippen LogP contribution in [0.3, 0.4) is 0 Å². The summed E-state index contributed by atoms with van der Waals surface area (Å²) in [5, 5.41) is 0. The molecule has 3 aromatic carbocycles. The number of rotatable bonds is 3. The lowest BCUT2D eigenvalue weighted by atomic mass is 9.90. The van der Waals surface area contributed by atoms with Crippen LogP contribution < -0.4 is 5.46 Å². The van der Waals surface area contributed by atoms with Gasteiger partial charge in [-0.15, -0.1) is 0 Å². The van der Waals surface area contributed by atoms with Crippen molar-refractivity contribution in [3.63, 3.8) is 0 Å². The average Bonchev–Trinajstić information content (AvgIpc) is 2.69. The summed E-state index contributed by atoms with van der Waals surface area (Å²) < 4.78 is 0. The molecule has 0 bridgehead atoms. The first-order chi connectivity index (χ1) is 12.3. The van der Waals surface area contributed by atoms with E-state index >= 15 is 0 Å². The maximum Gasteiger partial charge on any atom is 0.159 e. The van der Waals surface area contributed by atoms with Gasteiger partial charge in [-0.2, -0.15) is 0 Å². The molecule has 1 heterocycles. The molecule has 25 heavy (non-hydrogen) atoms. The second-order valence-corrected chi connectivity index (χ2v) is 5.78. The molecule has 0 aliphatic heterocycles. The van der Waals surface area contributed by atoms with Crippen LogP contribution >= 0.6 is 0 Å². The molecule has 0 atom stereocenters. The average molecular weight is 318 g/mol. The zero-order valence-corrected chi connectivity index (χ0v) is 13.6. The minimum Gasteiger partial charge on any atom is -0.228 e. The Bertz CT molecular complexity index is 941. The van der Waals surface area contributed by atoms with Crippen molar-refractivity contribution in [3.05, 3.63) is 91.0 Å². The van der Waals surface area contributed by atoms with E-state index in [-0.39, 0.29) is 0 Å². The first-order valence-corrected chi connectivity index (χ1v) is 8.16. The van der Waals surface area contributed by atoms with Gasteiger partial charge in [0, 0.05) is 16.7 Å². The third-order valence-corrected chi connectivity index (χ3v) is 4.07. The molecular weight excluding hydrogens is 303 g/mol. The number of benzene rings is 3. The summed E-state index contributed by atoms with van der Waals surface area (Å²) in [5.74, 6) is 0.637. The van der Waals surface area contributed by atoms with Gasteiger partial charge in [0.15, 0.2) is 5.82 Å². The van der Waals surface area contributed by atoms with Crippen LogP contribution in [-0.4, -0.2) is 17.8 Å². The summed E-state index contributed by atoms with van der Waals surface area (Å²) in [4.78, 5) is 9.54. The van der Waals surface area contributed by atoms with Crippen LogP contribution in [-0.2, 0) is 0 Å². The molecular formula is C22H15BN2. The molecule has 0 aliphatic rings. The van der Waals surface area contributed by atoms with Crippen molar-refractivity contribution in [2.24, 2.45) is 0 Å². The number of hydrogen-bond acceptors (Lipinski definition) is 2. The Morgan fingerprint density at radius 1 is 0.560 bits per heavy atom. The van der Waals surface area contributed by atoms with Gasteiger partial charge in [0.2, 0.25) is 0 Å². The minimum atomic E-state index is 0.637. The Hall–Kier alpha value is -3.20. The zero-order chi connectivity index (χ0) is 17.1. The molecule has 4 aromatic rings. The zero-order valence-electron chi connectivity index (χ0n) is 13.6. The lowest BCUT2D eigenvalue weighted by Crippen LogP contribution is -2.08. The summed E-state index contributed by atoms with van der Waals surface area (Å²) in [5.41, 5.74) is 5.39. The molecule has 0 amide bonds. The molecule has 2 radical (unpaired) electrons. The van der Waals surface area contributed by atoms with E-state index in [2.05, 4.69) is 24.3 Å². The van der Waals surface area contributed by atoms with Gasteiger partial charge in [0.1, 0.15) is 7.85 Å². The second kappa shape index (κ2) is 6.74. The molecule has 2 nitrogen and oxygen atoms in total. The molecule has 0 spiro atoms. The van der Waals surface area contributed by atoms with Crippen molar-refractivity contribution >= 4 is 13.3 Å². The van der Waals surface area contributed by atoms with Gasteiger partial charge in [-0.3, -0.25) is 0 Å². The van der Waals surface area contributed by atoms with Crippen LogP contribution in [0.2, 0.25) is 0 Å². The van der Waals surface area contributed by atoms with E-state index < -0.39 is 0 Å². The van der Waals surface area contributed by atoms with Crippen molar-refractivity contribution in [2.45, 2.75) is 0 Å². The first kappa shape index (κ1) is 15.3. The highest BCUT2D eigenvalue weighted by molar-refractivity contribution is 6.35. The maximum absolute atomic E-state index is 6.15. The maximum atomic E-state index is 6.15. The monoisotopic (exact) mass is 318 g/mol. The van der Waals surface area contributed by atoms with Gasteiger partial charge < -0.3 is 0 Å². The van der Waals surface area contributed by atoms with Crippen LogP contribution in [0.1, 0.15) is 0 Å². The fourth-order valence-electron chi connectivity index (χ4n) is 2.78. The van der Waals surface area contributed by atoms with Crippen LogP contribution in [0.5, 0.6) is 0 Å².